The Balaban J connectivity index is 1.54. The van der Waals surface area contributed by atoms with Gasteiger partial charge in [-0.15, -0.1) is 0 Å². The van der Waals surface area contributed by atoms with Crippen LogP contribution in [-0.2, 0) is 42.9 Å². The third-order valence-electron chi connectivity index (χ3n) is 13.8. The Morgan fingerprint density at radius 3 is 2.14 bits per heavy atom. The number of fused-ring (bicyclic) bond motifs is 5. The van der Waals surface area contributed by atoms with Crippen molar-refractivity contribution in [2.24, 2.45) is 22.7 Å². The van der Waals surface area contributed by atoms with Gasteiger partial charge in [-0.05, 0) is 76.3 Å². The average Bonchev–Trinajstić information content (AvgIpc) is 3.21. The Morgan fingerprint density at radius 1 is 0.953 bits per heavy atom. The number of amides is 2. The molecule has 0 radical (unpaired) electrons. The van der Waals surface area contributed by atoms with Crippen LogP contribution < -0.4 is 10.6 Å². The highest BCUT2D eigenvalue weighted by Gasteiger charge is 2.78. The van der Waals surface area contributed by atoms with Crippen LogP contribution in [0.15, 0.2) is 71.8 Å². The number of Topliss-reactive ketones (excluding diaryl/α,β-unsaturated/α-hetero) is 1. The van der Waals surface area contributed by atoms with Gasteiger partial charge in [0, 0.05) is 44.6 Å². The van der Waals surface area contributed by atoms with E-state index in [2.05, 4.69) is 10.6 Å². The van der Waals surface area contributed by atoms with Gasteiger partial charge in [0.25, 0.3) is 0 Å². The van der Waals surface area contributed by atoms with E-state index in [-0.39, 0.29) is 43.9 Å². The van der Waals surface area contributed by atoms with Crippen molar-refractivity contribution in [2.45, 2.75) is 141 Å². The number of esters is 3. The standard InChI is InChI=1S/C48H62N2O14/c1-26-32(61-42(57)37(54)36(29-17-12-10-13-18-29)50-43(58)64-44(4,5)6)24-48(59)40(62-41(56)30-19-14-11-15-20-30)38-46(9,33(53)23-34-47(38,25-60-34)63-28(3)52)39(55)31(35(26)45(48,7)8)21-16-22-49-27(2)51/h10-15,17-20,31-34,36-38,40,53-54,59H,16,21-25H2,1-9H3,(H,49,51)(H,50,58)/t31-,32+,33+,34?,36+,37-,38+,40+,46-,47+,48-/m1/s1. The van der Waals surface area contributed by atoms with Gasteiger partial charge in [0.2, 0.25) is 5.91 Å². The van der Waals surface area contributed by atoms with Gasteiger partial charge in [-0.3, -0.25) is 14.4 Å². The van der Waals surface area contributed by atoms with Crippen LogP contribution in [0.2, 0.25) is 0 Å². The molecule has 1 heterocycles. The topological polar surface area (TPSA) is 233 Å². The zero-order chi connectivity index (χ0) is 47.2. The van der Waals surface area contributed by atoms with Crippen molar-refractivity contribution in [3.05, 3.63) is 82.9 Å². The smallest absolute Gasteiger partial charge is 0.408 e. The predicted molar refractivity (Wildman–Crippen MR) is 229 cm³/mol. The van der Waals surface area contributed by atoms with Crippen molar-refractivity contribution in [1.29, 1.82) is 0 Å². The molecule has 1 saturated heterocycles. The SMILES string of the molecule is CC(=O)NCCC[C@H]1C(=O)[C@]2(C)[C@@H](O)CC3OC[C@@]3(OC(C)=O)[C@H]2[C@H](OC(=O)c2ccccc2)[C@]2(O)C[C@H](OC(=O)[C@H](O)[C@@H](NC(=O)OC(C)(C)C)c3ccccc3)C(C)=C1C2(C)C. The van der Waals surface area contributed by atoms with Crippen LogP contribution in [0.4, 0.5) is 4.79 Å². The van der Waals surface area contributed by atoms with Gasteiger partial charge in [0.05, 0.1) is 35.6 Å². The maximum Gasteiger partial charge on any atom is 0.408 e. The molecule has 1 aliphatic heterocycles. The summed E-state index contributed by atoms with van der Waals surface area (Å²) in [5.74, 6) is -6.15. The van der Waals surface area contributed by atoms with Crippen molar-refractivity contribution in [2.75, 3.05) is 13.2 Å². The van der Waals surface area contributed by atoms with Crippen LogP contribution in [0, 0.1) is 22.7 Å². The number of aliphatic hydroxyl groups excluding tert-OH is 2. The fraction of sp³-hybridized carbons (Fsp3) is 0.583. The molecule has 11 atom stereocenters. The van der Waals surface area contributed by atoms with Crippen LogP contribution in [0.3, 0.4) is 0 Å². The number of carbonyl (C=O) groups is 6. The van der Waals surface area contributed by atoms with Crippen molar-refractivity contribution >= 4 is 35.7 Å². The fourth-order valence-electron chi connectivity index (χ4n) is 10.6. The molecule has 348 valence electrons. The monoisotopic (exact) mass is 890 g/mol. The maximum absolute atomic E-state index is 15.8. The second-order valence-electron chi connectivity index (χ2n) is 19.3. The second kappa shape index (κ2) is 18.0. The Labute approximate surface area is 373 Å². The molecular formula is C48H62N2O14. The Hall–Kier alpha value is -5.16. The first-order valence-electron chi connectivity index (χ1n) is 21.8. The summed E-state index contributed by atoms with van der Waals surface area (Å²) < 4.78 is 30.2. The molecular weight excluding hydrogens is 829 g/mol. The molecule has 1 unspecified atom stereocenters. The minimum atomic E-state index is -2.28. The number of hydrogen-bond donors (Lipinski definition) is 5. The van der Waals surface area contributed by atoms with E-state index in [1.54, 1.807) is 90.1 Å². The number of aliphatic hydroxyl groups is 3. The lowest BCUT2D eigenvalue weighted by molar-refractivity contribution is -0.345. The molecule has 3 aliphatic carbocycles. The molecule has 16 nitrogen and oxygen atoms in total. The fourth-order valence-corrected chi connectivity index (χ4v) is 10.6. The maximum atomic E-state index is 15.8. The molecule has 2 amide bonds. The largest absolute Gasteiger partial charge is 0.456 e. The lowest BCUT2D eigenvalue weighted by atomic mass is 9.43. The van der Waals surface area contributed by atoms with E-state index in [0.717, 1.165) is 0 Å². The third-order valence-corrected chi connectivity index (χ3v) is 13.8. The zero-order valence-corrected chi connectivity index (χ0v) is 38.0. The molecule has 2 bridgehead atoms. The van der Waals surface area contributed by atoms with Gasteiger partial charge >= 0.3 is 24.0 Å². The van der Waals surface area contributed by atoms with Crippen LogP contribution in [0.5, 0.6) is 0 Å². The van der Waals surface area contributed by atoms with Crippen LogP contribution in [0.1, 0.15) is 110 Å². The number of hydrogen-bond acceptors (Lipinski definition) is 14. The van der Waals surface area contributed by atoms with Gasteiger partial charge in [-0.25, -0.2) is 14.4 Å². The first-order valence-corrected chi connectivity index (χ1v) is 21.8. The number of alkyl carbamates (subject to hydrolysis) is 1. The minimum absolute atomic E-state index is 0.0917. The van der Waals surface area contributed by atoms with Gasteiger partial charge in [-0.2, -0.15) is 0 Å². The van der Waals surface area contributed by atoms with Crippen molar-refractivity contribution in [1.82, 2.24) is 10.6 Å². The summed E-state index contributed by atoms with van der Waals surface area (Å²) in [4.78, 5) is 82.7. The summed E-state index contributed by atoms with van der Waals surface area (Å²) in [7, 11) is 0. The second-order valence-corrected chi connectivity index (χ2v) is 19.3. The molecule has 0 aromatic heterocycles. The van der Waals surface area contributed by atoms with Gasteiger partial charge < -0.3 is 49.6 Å². The molecule has 16 heteroatoms. The minimum Gasteiger partial charge on any atom is -0.456 e. The number of ketones is 1. The number of carbonyl (C=O) groups excluding carboxylic acids is 6. The van der Waals surface area contributed by atoms with Gasteiger partial charge in [-0.1, -0.05) is 62.4 Å². The van der Waals surface area contributed by atoms with Gasteiger partial charge in [0.15, 0.2) is 11.7 Å². The molecule has 5 N–H and O–H groups in total. The summed E-state index contributed by atoms with van der Waals surface area (Å²) in [5, 5.41) is 43.2. The molecule has 2 aromatic carbocycles. The first-order chi connectivity index (χ1) is 29.9. The van der Waals surface area contributed by atoms with E-state index in [0.29, 0.717) is 16.7 Å². The van der Waals surface area contributed by atoms with Gasteiger partial charge in [0.1, 0.15) is 35.3 Å². The van der Waals surface area contributed by atoms with E-state index < -0.39 is 112 Å². The van der Waals surface area contributed by atoms with Crippen molar-refractivity contribution < 1.29 is 67.8 Å². The van der Waals surface area contributed by atoms with E-state index in [4.69, 9.17) is 23.7 Å². The molecule has 4 aliphatic rings. The lowest BCUT2D eigenvalue weighted by Crippen LogP contribution is -2.81. The van der Waals surface area contributed by atoms with E-state index in [1.807, 2.05) is 0 Å². The van der Waals surface area contributed by atoms with Crippen molar-refractivity contribution in [3.63, 3.8) is 0 Å². The quantitative estimate of drug-likeness (QED) is 0.0859. The van der Waals surface area contributed by atoms with E-state index in [1.165, 1.54) is 32.9 Å². The summed E-state index contributed by atoms with van der Waals surface area (Å²) >= 11 is 0. The van der Waals surface area contributed by atoms with Crippen LogP contribution in [-0.4, -0.2) is 111 Å². The number of ether oxygens (including phenoxy) is 5. The summed E-state index contributed by atoms with van der Waals surface area (Å²) in [6.07, 6.45) is -8.70. The number of benzene rings is 2. The molecule has 2 saturated carbocycles. The third kappa shape index (κ3) is 8.81. The highest BCUT2D eigenvalue weighted by Crippen LogP contribution is 2.65. The Morgan fingerprint density at radius 2 is 1.58 bits per heavy atom. The van der Waals surface area contributed by atoms with Crippen LogP contribution in [0.25, 0.3) is 0 Å². The normalized spacial score (nSPS) is 31.5. The zero-order valence-electron chi connectivity index (χ0n) is 38.0. The Bertz CT molecular complexity index is 2150. The highest BCUT2D eigenvalue weighted by atomic mass is 16.6. The number of rotatable bonds is 12. The van der Waals surface area contributed by atoms with Crippen LogP contribution >= 0.6 is 0 Å². The molecule has 6 rings (SSSR count). The summed E-state index contributed by atoms with van der Waals surface area (Å²) in [5.41, 5.74) is -7.06. The first kappa shape index (κ1) is 48.3. The molecule has 64 heavy (non-hydrogen) atoms. The molecule has 3 fully saturated rings. The summed E-state index contributed by atoms with van der Waals surface area (Å²) in [6, 6.07) is 14.9. The number of nitrogens with one attached hydrogen (secondary N) is 2. The molecule has 2 aromatic rings. The lowest BCUT2D eigenvalue weighted by Gasteiger charge is -2.67. The average molecular weight is 891 g/mol. The van der Waals surface area contributed by atoms with E-state index in [9.17, 15) is 39.3 Å². The highest BCUT2D eigenvalue weighted by molar-refractivity contribution is 5.93. The van der Waals surface area contributed by atoms with E-state index >= 15 is 4.79 Å². The van der Waals surface area contributed by atoms with Crippen molar-refractivity contribution in [3.8, 4) is 0 Å². The Kier molecular flexibility index (Phi) is 13.6. The molecule has 0 spiro atoms. The summed E-state index contributed by atoms with van der Waals surface area (Å²) in [6.45, 7) is 14.1. The predicted octanol–water partition coefficient (Wildman–Crippen LogP) is 4.43.